The number of likely N-dealkylation sites (tertiary alicyclic amines) is 1. The summed E-state index contributed by atoms with van der Waals surface area (Å²) < 4.78 is 0. The van der Waals surface area contributed by atoms with E-state index in [2.05, 4.69) is 23.9 Å². The van der Waals surface area contributed by atoms with Gasteiger partial charge in [0.05, 0.1) is 6.54 Å². The average Bonchev–Trinajstić information content (AvgIpc) is 2.29. The Kier molecular flexibility index (Phi) is 6.29. The van der Waals surface area contributed by atoms with Crippen molar-refractivity contribution >= 4 is 11.7 Å². The van der Waals surface area contributed by atoms with E-state index >= 15 is 0 Å². The average molecular weight is 255 g/mol. The molecule has 1 aliphatic heterocycles. The van der Waals surface area contributed by atoms with Crippen molar-refractivity contribution in [1.82, 2.24) is 14.7 Å². The highest BCUT2D eigenvalue weighted by Gasteiger charge is 2.21. The molecule has 0 aromatic carbocycles. The van der Waals surface area contributed by atoms with Crippen LogP contribution < -0.4 is 0 Å². The molecule has 0 aliphatic carbocycles. The van der Waals surface area contributed by atoms with Gasteiger partial charge in [-0.3, -0.25) is 14.5 Å². The Bertz CT molecular complexity index is 282. The highest BCUT2D eigenvalue weighted by molar-refractivity contribution is 5.84. The molecule has 0 bridgehead atoms. The molecule has 0 aromatic rings. The molecule has 1 rings (SSSR count). The smallest absolute Gasteiger partial charge is 0.236 e. The van der Waals surface area contributed by atoms with Crippen LogP contribution in [0.15, 0.2) is 0 Å². The van der Waals surface area contributed by atoms with Crippen LogP contribution in [0, 0.1) is 0 Å². The lowest BCUT2D eigenvalue weighted by molar-refractivity contribution is -0.135. The number of rotatable bonds is 6. The Morgan fingerprint density at radius 1 is 1.17 bits per heavy atom. The van der Waals surface area contributed by atoms with Gasteiger partial charge < -0.3 is 9.80 Å². The van der Waals surface area contributed by atoms with Crippen LogP contribution in [0.1, 0.15) is 19.3 Å². The number of likely N-dealkylation sites (N-methyl/N-ethyl adjacent to an activating group) is 1. The number of carbonyl (C=O) groups excluding carboxylic acids is 2. The van der Waals surface area contributed by atoms with E-state index in [9.17, 15) is 9.59 Å². The molecule has 1 aliphatic rings. The van der Waals surface area contributed by atoms with E-state index in [4.69, 9.17) is 0 Å². The van der Waals surface area contributed by atoms with Gasteiger partial charge in [0.2, 0.25) is 5.91 Å². The predicted octanol–water partition coefficient (Wildman–Crippen LogP) is 0.0614. The Labute approximate surface area is 110 Å². The van der Waals surface area contributed by atoms with Gasteiger partial charge in [0, 0.05) is 25.9 Å². The Hall–Kier alpha value is -0.940. The first-order valence-electron chi connectivity index (χ1n) is 6.62. The third kappa shape index (κ3) is 5.60. The summed E-state index contributed by atoms with van der Waals surface area (Å²) in [6.07, 6.45) is 2.11. The van der Waals surface area contributed by atoms with E-state index in [-0.39, 0.29) is 11.7 Å². The van der Waals surface area contributed by atoms with Crippen LogP contribution >= 0.6 is 0 Å². The fourth-order valence-electron chi connectivity index (χ4n) is 2.07. The van der Waals surface area contributed by atoms with Gasteiger partial charge in [-0.05, 0) is 40.7 Å². The van der Waals surface area contributed by atoms with Crippen molar-refractivity contribution in [2.75, 3.05) is 53.9 Å². The Morgan fingerprint density at radius 3 is 2.33 bits per heavy atom. The second kappa shape index (κ2) is 7.48. The molecule has 1 saturated heterocycles. The third-order valence-corrected chi connectivity index (χ3v) is 3.22. The summed E-state index contributed by atoms with van der Waals surface area (Å²) in [4.78, 5) is 29.1. The van der Waals surface area contributed by atoms with Crippen LogP contribution in [0.25, 0.3) is 0 Å². The Balaban J connectivity index is 2.20. The molecule has 1 amide bonds. The minimum Gasteiger partial charge on any atom is -0.341 e. The van der Waals surface area contributed by atoms with Gasteiger partial charge in [-0.2, -0.15) is 0 Å². The van der Waals surface area contributed by atoms with Crippen molar-refractivity contribution in [3.8, 4) is 0 Å². The van der Waals surface area contributed by atoms with E-state index in [0.29, 0.717) is 32.5 Å². The second-order valence-electron chi connectivity index (χ2n) is 5.31. The minimum absolute atomic E-state index is 0.148. The third-order valence-electron chi connectivity index (χ3n) is 3.22. The molecule has 0 atom stereocenters. The molecule has 0 radical (unpaired) electrons. The second-order valence-corrected chi connectivity index (χ2v) is 5.31. The van der Waals surface area contributed by atoms with Crippen molar-refractivity contribution in [2.24, 2.45) is 0 Å². The quantitative estimate of drug-likeness (QED) is 0.673. The van der Waals surface area contributed by atoms with Crippen LogP contribution in [-0.2, 0) is 9.59 Å². The summed E-state index contributed by atoms with van der Waals surface area (Å²) in [5.41, 5.74) is 0. The normalized spacial score (nSPS) is 16.7. The molecule has 0 saturated carbocycles. The maximum absolute atomic E-state index is 12.0. The van der Waals surface area contributed by atoms with Crippen LogP contribution in [0.5, 0.6) is 0 Å². The first kappa shape index (κ1) is 15.1. The van der Waals surface area contributed by atoms with Crippen molar-refractivity contribution in [3.05, 3.63) is 0 Å². The lowest BCUT2D eigenvalue weighted by Gasteiger charge is -2.28. The first-order chi connectivity index (χ1) is 8.49. The van der Waals surface area contributed by atoms with E-state index in [0.717, 1.165) is 19.5 Å². The molecule has 1 heterocycles. The van der Waals surface area contributed by atoms with Crippen molar-refractivity contribution in [3.63, 3.8) is 0 Å². The van der Waals surface area contributed by atoms with Gasteiger partial charge >= 0.3 is 0 Å². The summed E-state index contributed by atoms with van der Waals surface area (Å²) in [6, 6.07) is 0. The molecule has 5 heteroatoms. The van der Waals surface area contributed by atoms with Gasteiger partial charge in [0.25, 0.3) is 0 Å². The summed E-state index contributed by atoms with van der Waals surface area (Å²) in [5.74, 6) is 0.424. The molecule has 0 aromatic heterocycles. The lowest BCUT2D eigenvalue weighted by atomic mass is 10.1. The molecular formula is C13H25N3O2. The van der Waals surface area contributed by atoms with Crippen molar-refractivity contribution in [1.29, 1.82) is 0 Å². The van der Waals surface area contributed by atoms with Crippen LogP contribution in [0.2, 0.25) is 0 Å². The maximum Gasteiger partial charge on any atom is 0.236 e. The standard InChI is InChI=1S/C13H25N3O2/c1-14(2)7-4-8-15(3)11-13(18)16-9-5-12(17)6-10-16/h4-11H2,1-3H3. The number of carbonyl (C=O) groups is 2. The number of ketones is 1. The van der Waals surface area contributed by atoms with E-state index in [1.165, 1.54) is 0 Å². The summed E-state index contributed by atoms with van der Waals surface area (Å²) >= 11 is 0. The van der Waals surface area contributed by atoms with E-state index < -0.39 is 0 Å². The van der Waals surface area contributed by atoms with E-state index in [1.807, 2.05) is 11.9 Å². The number of amides is 1. The summed E-state index contributed by atoms with van der Waals surface area (Å²) in [6.45, 7) is 3.63. The molecular weight excluding hydrogens is 230 g/mol. The molecule has 1 fully saturated rings. The lowest BCUT2D eigenvalue weighted by Crippen LogP contribution is -2.43. The molecule has 5 nitrogen and oxygen atoms in total. The molecule has 104 valence electrons. The Morgan fingerprint density at radius 2 is 1.78 bits per heavy atom. The van der Waals surface area contributed by atoms with Gasteiger partial charge in [0.15, 0.2) is 0 Å². The largest absolute Gasteiger partial charge is 0.341 e. The predicted molar refractivity (Wildman–Crippen MR) is 71.5 cm³/mol. The fraction of sp³-hybridized carbons (Fsp3) is 0.846. The summed E-state index contributed by atoms with van der Waals surface area (Å²) in [5, 5.41) is 0. The van der Waals surface area contributed by atoms with Crippen molar-refractivity contribution in [2.45, 2.75) is 19.3 Å². The minimum atomic E-state index is 0.148. The van der Waals surface area contributed by atoms with Gasteiger partial charge in [-0.1, -0.05) is 0 Å². The first-order valence-corrected chi connectivity index (χ1v) is 6.62. The number of piperidine rings is 1. The summed E-state index contributed by atoms with van der Waals surface area (Å²) in [7, 11) is 6.08. The molecule has 18 heavy (non-hydrogen) atoms. The highest BCUT2D eigenvalue weighted by atomic mass is 16.2. The molecule has 0 unspecified atom stereocenters. The van der Waals surface area contributed by atoms with Gasteiger partial charge in [-0.25, -0.2) is 0 Å². The van der Waals surface area contributed by atoms with Crippen molar-refractivity contribution < 1.29 is 9.59 Å². The number of hydrogen-bond acceptors (Lipinski definition) is 4. The number of hydrogen-bond donors (Lipinski definition) is 0. The maximum atomic E-state index is 12.0. The zero-order valence-electron chi connectivity index (χ0n) is 11.8. The molecule has 0 N–H and O–H groups in total. The highest BCUT2D eigenvalue weighted by Crippen LogP contribution is 2.06. The van der Waals surface area contributed by atoms with Crippen LogP contribution in [0.4, 0.5) is 0 Å². The fourth-order valence-corrected chi connectivity index (χ4v) is 2.07. The van der Waals surface area contributed by atoms with Crippen LogP contribution in [0.3, 0.4) is 0 Å². The number of nitrogens with zero attached hydrogens (tertiary/aromatic N) is 3. The zero-order valence-corrected chi connectivity index (χ0v) is 11.8. The van der Waals surface area contributed by atoms with Gasteiger partial charge in [-0.15, -0.1) is 0 Å². The van der Waals surface area contributed by atoms with Crippen LogP contribution in [-0.4, -0.2) is 80.3 Å². The SMILES string of the molecule is CN(C)CCCN(C)CC(=O)N1CCC(=O)CC1. The topological polar surface area (TPSA) is 43.9 Å². The van der Waals surface area contributed by atoms with E-state index in [1.54, 1.807) is 0 Å². The monoisotopic (exact) mass is 255 g/mol. The number of Topliss-reactive ketones (excluding diaryl/α,β-unsaturated/α-hetero) is 1. The zero-order chi connectivity index (χ0) is 13.5. The molecule has 0 spiro atoms. The van der Waals surface area contributed by atoms with Gasteiger partial charge in [0.1, 0.15) is 5.78 Å².